The van der Waals surface area contributed by atoms with Gasteiger partial charge in [-0.15, -0.1) is 0 Å². The summed E-state index contributed by atoms with van der Waals surface area (Å²) in [7, 11) is -2.27. The first-order valence-electron chi connectivity index (χ1n) is 9.75. The number of aryl methyl sites for hydroxylation is 1. The first-order chi connectivity index (χ1) is 14.8. The molecule has 162 valence electrons. The summed E-state index contributed by atoms with van der Waals surface area (Å²) in [5, 5.41) is 15.3. The number of nitro benzene ring substituents is 1. The number of nitrogens with zero attached hydrogens (tertiary/aromatic N) is 5. The van der Waals surface area contributed by atoms with Gasteiger partial charge in [0.1, 0.15) is 5.82 Å². The Hall–Kier alpha value is -3.31. The lowest BCUT2D eigenvalue weighted by molar-refractivity contribution is -0.384. The first-order valence-corrected chi connectivity index (χ1v) is 11.2. The second kappa shape index (κ2) is 8.08. The quantitative estimate of drug-likeness (QED) is 0.440. The monoisotopic (exact) mass is 443 g/mol. The highest BCUT2D eigenvalue weighted by atomic mass is 32.2. The molecule has 1 saturated heterocycles. The lowest BCUT2D eigenvalue weighted by Crippen LogP contribution is -2.40. The van der Waals surface area contributed by atoms with Gasteiger partial charge < -0.3 is 0 Å². The van der Waals surface area contributed by atoms with E-state index in [-0.39, 0.29) is 28.7 Å². The van der Waals surface area contributed by atoms with Crippen molar-refractivity contribution in [2.75, 3.05) is 13.1 Å². The predicted octanol–water partition coefficient (Wildman–Crippen LogP) is 2.05. The van der Waals surface area contributed by atoms with Gasteiger partial charge in [0.05, 0.1) is 15.5 Å². The highest BCUT2D eigenvalue weighted by molar-refractivity contribution is 7.89. The molecule has 0 bridgehead atoms. The SMILES string of the molecule is Cn1nc(C2CCCN(S(=O)(=O)c3ccc([N+](=O)[O-])cc3)C2)n(-c2ccccc2)c1=O. The fourth-order valence-corrected chi connectivity index (χ4v) is 5.35. The molecule has 31 heavy (non-hydrogen) atoms. The van der Waals surface area contributed by atoms with Crippen LogP contribution in [0.4, 0.5) is 5.69 Å². The van der Waals surface area contributed by atoms with Crippen LogP contribution in [0, 0.1) is 10.1 Å². The molecule has 3 aromatic rings. The van der Waals surface area contributed by atoms with Crippen molar-refractivity contribution in [1.82, 2.24) is 18.7 Å². The highest BCUT2D eigenvalue weighted by Crippen LogP contribution is 2.30. The number of aromatic nitrogens is 3. The minimum atomic E-state index is -3.84. The molecule has 0 aliphatic carbocycles. The van der Waals surface area contributed by atoms with Crippen molar-refractivity contribution in [3.05, 3.63) is 81.0 Å². The van der Waals surface area contributed by atoms with Gasteiger partial charge in [0.15, 0.2) is 0 Å². The third kappa shape index (κ3) is 3.89. The molecule has 1 atom stereocenters. The number of hydrogen-bond donors (Lipinski definition) is 0. The molecule has 0 radical (unpaired) electrons. The second-order valence-electron chi connectivity index (χ2n) is 7.39. The number of piperidine rings is 1. The molecule has 0 N–H and O–H groups in total. The molecule has 1 aliphatic rings. The van der Waals surface area contributed by atoms with Gasteiger partial charge in [-0.25, -0.2) is 22.5 Å². The molecule has 10 nitrogen and oxygen atoms in total. The lowest BCUT2D eigenvalue weighted by Gasteiger charge is -2.31. The van der Waals surface area contributed by atoms with Gasteiger partial charge in [0, 0.05) is 38.2 Å². The van der Waals surface area contributed by atoms with Crippen LogP contribution in [0.25, 0.3) is 5.69 Å². The largest absolute Gasteiger partial charge is 0.350 e. The van der Waals surface area contributed by atoms with E-state index in [9.17, 15) is 23.3 Å². The Morgan fingerprint density at radius 1 is 1.10 bits per heavy atom. The first kappa shape index (κ1) is 20.9. The Kier molecular flexibility index (Phi) is 5.46. The normalized spacial score (nSPS) is 17.5. The number of nitro groups is 1. The number of benzene rings is 2. The van der Waals surface area contributed by atoms with Gasteiger partial charge in [-0.3, -0.25) is 10.1 Å². The topological polar surface area (TPSA) is 120 Å². The van der Waals surface area contributed by atoms with Crippen molar-refractivity contribution in [3.63, 3.8) is 0 Å². The lowest BCUT2D eigenvalue weighted by atomic mass is 9.98. The van der Waals surface area contributed by atoms with E-state index in [1.54, 1.807) is 19.2 Å². The van der Waals surface area contributed by atoms with E-state index in [0.717, 1.165) is 0 Å². The third-order valence-electron chi connectivity index (χ3n) is 5.40. The Morgan fingerprint density at radius 2 is 1.77 bits per heavy atom. The minimum Gasteiger partial charge on any atom is -0.258 e. The van der Waals surface area contributed by atoms with Gasteiger partial charge in [-0.05, 0) is 37.1 Å². The maximum absolute atomic E-state index is 13.1. The van der Waals surface area contributed by atoms with Crippen LogP contribution in [0.2, 0.25) is 0 Å². The van der Waals surface area contributed by atoms with E-state index in [1.807, 2.05) is 18.2 Å². The van der Waals surface area contributed by atoms with Crippen LogP contribution in [-0.4, -0.2) is 45.1 Å². The summed E-state index contributed by atoms with van der Waals surface area (Å²) < 4.78 is 30.4. The number of non-ortho nitro benzene ring substituents is 1. The molecule has 0 saturated carbocycles. The van der Waals surface area contributed by atoms with Crippen LogP contribution < -0.4 is 5.69 Å². The van der Waals surface area contributed by atoms with Crippen molar-refractivity contribution >= 4 is 15.7 Å². The average Bonchev–Trinajstić information content (AvgIpc) is 3.09. The summed E-state index contributed by atoms with van der Waals surface area (Å²) in [5.41, 5.74) is 0.207. The van der Waals surface area contributed by atoms with Crippen molar-refractivity contribution in [2.45, 2.75) is 23.7 Å². The Balaban J connectivity index is 1.66. The van der Waals surface area contributed by atoms with E-state index < -0.39 is 14.9 Å². The fourth-order valence-electron chi connectivity index (χ4n) is 3.83. The molecule has 4 rings (SSSR count). The number of rotatable bonds is 5. The molecule has 11 heteroatoms. The Labute approximate surface area is 178 Å². The summed E-state index contributed by atoms with van der Waals surface area (Å²) >= 11 is 0. The minimum absolute atomic E-state index is 0.000204. The summed E-state index contributed by atoms with van der Waals surface area (Å²) in [5.74, 6) is 0.248. The summed E-state index contributed by atoms with van der Waals surface area (Å²) in [4.78, 5) is 23.0. The number of para-hydroxylation sites is 1. The highest BCUT2D eigenvalue weighted by Gasteiger charge is 2.34. The van der Waals surface area contributed by atoms with E-state index in [0.29, 0.717) is 30.9 Å². The maximum atomic E-state index is 13.1. The maximum Gasteiger partial charge on any atom is 0.350 e. The van der Waals surface area contributed by atoms with Crippen molar-refractivity contribution < 1.29 is 13.3 Å². The van der Waals surface area contributed by atoms with Crippen LogP contribution in [-0.2, 0) is 17.1 Å². The molecule has 0 spiro atoms. The van der Waals surface area contributed by atoms with Crippen molar-refractivity contribution in [2.24, 2.45) is 7.05 Å². The fraction of sp³-hybridized carbons (Fsp3) is 0.300. The molecule has 2 heterocycles. The van der Waals surface area contributed by atoms with Crippen LogP contribution in [0.1, 0.15) is 24.6 Å². The Morgan fingerprint density at radius 3 is 2.42 bits per heavy atom. The Bertz CT molecular complexity index is 1270. The summed E-state index contributed by atoms with van der Waals surface area (Å²) in [6.07, 6.45) is 1.30. The molecule has 0 amide bonds. The number of hydrogen-bond acceptors (Lipinski definition) is 6. The zero-order valence-corrected chi connectivity index (χ0v) is 17.6. The molecule has 1 aromatic heterocycles. The molecule has 1 aliphatic heterocycles. The standard InChI is InChI=1S/C20H21N5O5S/c1-22-20(26)24(16-7-3-2-4-8-16)19(21-22)15-6-5-13-23(14-15)31(29,30)18-11-9-17(10-12-18)25(27)28/h2-4,7-12,15H,5-6,13-14H2,1H3. The van der Waals surface area contributed by atoms with Crippen molar-refractivity contribution in [3.8, 4) is 5.69 Å². The van der Waals surface area contributed by atoms with E-state index >= 15 is 0 Å². The van der Waals surface area contributed by atoms with Crippen LogP contribution in [0.3, 0.4) is 0 Å². The zero-order chi connectivity index (χ0) is 22.2. The zero-order valence-electron chi connectivity index (χ0n) is 16.8. The van der Waals surface area contributed by atoms with E-state index in [2.05, 4.69) is 5.10 Å². The van der Waals surface area contributed by atoms with Crippen LogP contribution >= 0.6 is 0 Å². The molecule has 1 unspecified atom stereocenters. The number of sulfonamides is 1. The van der Waals surface area contributed by atoms with Gasteiger partial charge in [-0.2, -0.15) is 9.40 Å². The van der Waals surface area contributed by atoms with Gasteiger partial charge >= 0.3 is 5.69 Å². The van der Waals surface area contributed by atoms with E-state index in [1.165, 1.54) is 37.8 Å². The predicted molar refractivity (Wildman–Crippen MR) is 113 cm³/mol. The van der Waals surface area contributed by atoms with Gasteiger partial charge in [0.2, 0.25) is 10.0 Å². The molecular weight excluding hydrogens is 422 g/mol. The van der Waals surface area contributed by atoms with Crippen molar-refractivity contribution in [1.29, 1.82) is 0 Å². The third-order valence-corrected chi connectivity index (χ3v) is 7.28. The molecule has 2 aromatic carbocycles. The molecule has 1 fully saturated rings. The summed E-state index contributed by atoms with van der Waals surface area (Å²) in [6, 6.07) is 14.0. The second-order valence-corrected chi connectivity index (χ2v) is 9.33. The van der Waals surface area contributed by atoms with E-state index in [4.69, 9.17) is 0 Å². The smallest absolute Gasteiger partial charge is 0.258 e. The van der Waals surface area contributed by atoms with Crippen LogP contribution in [0.5, 0.6) is 0 Å². The van der Waals surface area contributed by atoms with Gasteiger partial charge in [0.25, 0.3) is 5.69 Å². The van der Waals surface area contributed by atoms with Gasteiger partial charge in [-0.1, -0.05) is 18.2 Å². The molecular formula is C20H21N5O5S. The van der Waals surface area contributed by atoms with Crippen LogP contribution in [0.15, 0.2) is 64.3 Å². The average molecular weight is 443 g/mol. The summed E-state index contributed by atoms with van der Waals surface area (Å²) in [6.45, 7) is 0.501.